The fourth-order valence-electron chi connectivity index (χ4n) is 3.89. The van der Waals surface area contributed by atoms with Gasteiger partial charge >= 0.3 is 0 Å². The average molecular weight is 535 g/mol. The van der Waals surface area contributed by atoms with E-state index in [2.05, 4.69) is 23.8 Å². The van der Waals surface area contributed by atoms with Gasteiger partial charge in [0.1, 0.15) is 11.6 Å². The van der Waals surface area contributed by atoms with E-state index >= 15 is 0 Å². The Morgan fingerprint density at radius 1 is 1.19 bits per heavy atom. The van der Waals surface area contributed by atoms with Gasteiger partial charge in [0, 0.05) is 25.3 Å². The Hall–Kier alpha value is -2.56. The Balaban J connectivity index is 0.00000112. The number of aliphatic hydroxyl groups excluding tert-OH is 1. The maximum atomic E-state index is 13.2. The first-order chi connectivity index (χ1) is 17.6. The van der Waals surface area contributed by atoms with Gasteiger partial charge in [-0.05, 0) is 57.2 Å². The Morgan fingerprint density at radius 3 is 2.43 bits per heavy atom. The Kier molecular flexibility index (Phi) is 11.9. The van der Waals surface area contributed by atoms with Crippen LogP contribution in [0.15, 0.2) is 27.9 Å². The van der Waals surface area contributed by atoms with Gasteiger partial charge in [-0.25, -0.2) is 13.4 Å². The number of nitrogens with zero attached hydrogens (tertiary/aromatic N) is 2. The van der Waals surface area contributed by atoms with E-state index in [0.29, 0.717) is 55.1 Å². The number of benzene rings is 1. The molecule has 3 N–H and O–H groups in total. The molecule has 1 aliphatic heterocycles. The van der Waals surface area contributed by atoms with E-state index in [1.807, 2.05) is 13.8 Å². The largest absolute Gasteiger partial charge is 0.493 e. The smallest absolute Gasteiger partial charge is 0.254 e. The van der Waals surface area contributed by atoms with E-state index < -0.39 is 10.0 Å². The number of hydrogen-bond acceptors (Lipinski definition) is 7. The van der Waals surface area contributed by atoms with Crippen molar-refractivity contribution >= 4 is 15.7 Å². The molecule has 1 saturated heterocycles. The summed E-state index contributed by atoms with van der Waals surface area (Å²) in [6.07, 6.45) is 5.32. The molecule has 1 aliphatic rings. The zero-order chi connectivity index (χ0) is 27.6. The highest BCUT2D eigenvalue weighted by Crippen LogP contribution is 2.34. The van der Waals surface area contributed by atoms with Gasteiger partial charge < -0.3 is 20.2 Å². The summed E-state index contributed by atoms with van der Waals surface area (Å²) in [5.74, 6) is 0.823. The van der Waals surface area contributed by atoms with E-state index in [-0.39, 0.29) is 34.5 Å². The second-order valence-electron chi connectivity index (χ2n) is 9.26. The SMILES string of the molecule is CCCC.CCCC(=N)c1nc(-c2cc(S(=O)(=O)N3CC(CCCO)C3)ccc2OCC)[nH]c(=O)c1C. The fraction of sp³-hybridized carbons (Fsp3) is 0.593. The molecule has 10 heteroatoms. The van der Waals surface area contributed by atoms with Gasteiger partial charge in [-0.3, -0.25) is 4.79 Å². The van der Waals surface area contributed by atoms with Crippen LogP contribution in [0.4, 0.5) is 0 Å². The topological polar surface area (TPSA) is 136 Å². The molecule has 0 radical (unpaired) electrons. The Morgan fingerprint density at radius 2 is 1.86 bits per heavy atom. The molecule has 9 nitrogen and oxygen atoms in total. The maximum Gasteiger partial charge on any atom is 0.254 e. The van der Waals surface area contributed by atoms with Gasteiger partial charge in [0.05, 0.1) is 28.5 Å². The zero-order valence-corrected chi connectivity index (χ0v) is 23.6. The number of rotatable bonds is 12. The van der Waals surface area contributed by atoms with Crippen molar-refractivity contribution in [1.82, 2.24) is 14.3 Å². The monoisotopic (exact) mass is 534 g/mol. The quantitative estimate of drug-likeness (QED) is 0.343. The van der Waals surface area contributed by atoms with Gasteiger partial charge in [0.15, 0.2) is 0 Å². The van der Waals surface area contributed by atoms with Crippen molar-refractivity contribution in [3.63, 3.8) is 0 Å². The van der Waals surface area contributed by atoms with E-state index in [1.165, 1.54) is 29.3 Å². The van der Waals surface area contributed by atoms with Crippen LogP contribution in [0.1, 0.15) is 77.5 Å². The van der Waals surface area contributed by atoms with Gasteiger partial charge in [-0.15, -0.1) is 0 Å². The summed E-state index contributed by atoms with van der Waals surface area (Å²) >= 11 is 0. The van der Waals surface area contributed by atoms with Crippen LogP contribution in [0.2, 0.25) is 0 Å². The first-order valence-electron chi connectivity index (χ1n) is 13.2. The first kappa shape index (κ1) is 30.7. The maximum absolute atomic E-state index is 13.2. The summed E-state index contributed by atoms with van der Waals surface area (Å²) in [5.41, 5.74) is 0.909. The Bertz CT molecular complexity index is 1200. The second-order valence-corrected chi connectivity index (χ2v) is 11.2. The molecule has 0 atom stereocenters. The van der Waals surface area contributed by atoms with Crippen molar-refractivity contribution < 1.29 is 18.3 Å². The summed E-state index contributed by atoms with van der Waals surface area (Å²) in [5, 5.41) is 17.3. The minimum Gasteiger partial charge on any atom is -0.493 e. The van der Waals surface area contributed by atoms with Crippen LogP contribution in [0.25, 0.3) is 11.4 Å². The predicted molar refractivity (Wildman–Crippen MR) is 147 cm³/mol. The van der Waals surface area contributed by atoms with Crippen LogP contribution in [0, 0.1) is 18.3 Å². The van der Waals surface area contributed by atoms with E-state index in [9.17, 15) is 13.2 Å². The number of unbranched alkanes of at least 4 members (excludes halogenated alkanes) is 1. The number of ether oxygens (including phenoxy) is 1. The first-order valence-corrected chi connectivity index (χ1v) is 14.6. The molecule has 206 valence electrons. The third-order valence-electron chi connectivity index (χ3n) is 6.28. The van der Waals surface area contributed by atoms with Gasteiger partial charge in [-0.2, -0.15) is 4.31 Å². The second kappa shape index (κ2) is 14.4. The van der Waals surface area contributed by atoms with Crippen LogP contribution in [0.3, 0.4) is 0 Å². The van der Waals surface area contributed by atoms with Crippen LogP contribution in [-0.2, 0) is 10.0 Å². The molecular formula is C27H42N4O5S. The normalized spacial score (nSPS) is 14.0. The minimum atomic E-state index is -3.72. The summed E-state index contributed by atoms with van der Waals surface area (Å²) in [7, 11) is -3.72. The van der Waals surface area contributed by atoms with Crippen LogP contribution in [-0.4, -0.2) is 59.8 Å². The molecule has 2 heterocycles. The van der Waals surface area contributed by atoms with Crippen molar-refractivity contribution in [3.8, 4) is 17.1 Å². The number of aromatic nitrogens is 2. The van der Waals surface area contributed by atoms with E-state index in [4.69, 9.17) is 15.3 Å². The molecule has 3 rings (SSSR count). The fourth-order valence-corrected chi connectivity index (χ4v) is 5.51. The van der Waals surface area contributed by atoms with Crippen LogP contribution >= 0.6 is 0 Å². The third kappa shape index (κ3) is 7.72. The minimum absolute atomic E-state index is 0.0926. The highest BCUT2D eigenvalue weighted by atomic mass is 32.2. The van der Waals surface area contributed by atoms with Crippen LogP contribution < -0.4 is 10.3 Å². The predicted octanol–water partition coefficient (Wildman–Crippen LogP) is 4.51. The molecular weight excluding hydrogens is 492 g/mol. The molecule has 1 aromatic heterocycles. The molecule has 0 saturated carbocycles. The molecule has 0 amide bonds. The van der Waals surface area contributed by atoms with E-state index in [0.717, 1.165) is 12.8 Å². The van der Waals surface area contributed by atoms with Crippen molar-refractivity contribution in [2.75, 3.05) is 26.3 Å². The number of sulfonamides is 1. The highest BCUT2D eigenvalue weighted by Gasteiger charge is 2.36. The van der Waals surface area contributed by atoms with Gasteiger partial charge in [-0.1, -0.05) is 40.0 Å². The standard InChI is InChI=1S/C23H32N4O5S.C4H10/c1-4-7-19(24)21-15(3)23(29)26-22(25-21)18-12-17(9-10-20(18)32-5-2)33(30,31)27-13-16(14-27)8-6-11-28;1-3-4-2/h9-10,12,16,24,28H,4-8,11,13-14H2,1-3H3,(H,25,26,29);3-4H2,1-2H3. The summed E-state index contributed by atoms with van der Waals surface area (Å²) in [6, 6.07) is 4.55. The molecule has 1 aromatic carbocycles. The lowest BCUT2D eigenvalue weighted by Gasteiger charge is -2.38. The molecule has 1 fully saturated rings. The number of nitrogens with one attached hydrogen (secondary N) is 2. The molecule has 0 bridgehead atoms. The average Bonchev–Trinajstić information content (AvgIpc) is 2.85. The molecule has 0 aliphatic carbocycles. The number of hydrogen-bond donors (Lipinski definition) is 3. The van der Waals surface area contributed by atoms with Crippen LogP contribution in [0.5, 0.6) is 5.75 Å². The molecule has 0 spiro atoms. The summed E-state index contributed by atoms with van der Waals surface area (Å²) in [6.45, 7) is 11.0. The lowest BCUT2D eigenvalue weighted by molar-refractivity contribution is 0.173. The number of aromatic amines is 1. The van der Waals surface area contributed by atoms with Crippen molar-refractivity contribution in [3.05, 3.63) is 39.8 Å². The van der Waals surface area contributed by atoms with Gasteiger partial charge in [0.2, 0.25) is 10.0 Å². The third-order valence-corrected chi connectivity index (χ3v) is 8.10. The molecule has 37 heavy (non-hydrogen) atoms. The number of H-pyrrole nitrogens is 1. The van der Waals surface area contributed by atoms with Crippen molar-refractivity contribution in [2.24, 2.45) is 5.92 Å². The summed E-state index contributed by atoms with van der Waals surface area (Å²) < 4.78 is 33.5. The molecule has 2 aromatic rings. The zero-order valence-electron chi connectivity index (χ0n) is 22.8. The van der Waals surface area contributed by atoms with E-state index in [1.54, 1.807) is 13.0 Å². The Labute approximate surface area is 220 Å². The van der Waals surface area contributed by atoms with Crippen molar-refractivity contribution in [2.45, 2.75) is 78.0 Å². The highest BCUT2D eigenvalue weighted by molar-refractivity contribution is 7.89. The lowest BCUT2D eigenvalue weighted by Crippen LogP contribution is -2.49. The lowest BCUT2D eigenvalue weighted by atomic mass is 9.98. The van der Waals surface area contributed by atoms with Crippen molar-refractivity contribution in [1.29, 1.82) is 5.41 Å². The summed E-state index contributed by atoms with van der Waals surface area (Å²) in [4.78, 5) is 19.9. The van der Waals surface area contributed by atoms with Gasteiger partial charge in [0.25, 0.3) is 5.56 Å². The molecule has 0 unspecified atom stereocenters. The number of aliphatic hydroxyl groups is 1.